The second kappa shape index (κ2) is 6.93. The van der Waals surface area contributed by atoms with Crippen molar-refractivity contribution in [1.29, 1.82) is 0 Å². The van der Waals surface area contributed by atoms with Crippen LogP contribution >= 0.6 is 8.15 Å². The molecule has 0 aliphatic carbocycles. The van der Waals surface area contributed by atoms with E-state index in [1.165, 1.54) is 0 Å². The molecule has 0 fully saturated rings. The molecule has 0 aromatic carbocycles. The van der Waals surface area contributed by atoms with Crippen molar-refractivity contribution in [3.05, 3.63) is 0 Å². The molecule has 0 bridgehead atoms. The van der Waals surface area contributed by atoms with Gasteiger partial charge in [0.2, 0.25) is 0 Å². The second-order valence-corrected chi connectivity index (χ2v) is 2.65. The molecule has 0 aliphatic rings. The molecule has 0 amide bonds. The van der Waals surface area contributed by atoms with Crippen molar-refractivity contribution >= 4 is 8.15 Å². The Morgan fingerprint density at radius 1 is 1.71 bits per heavy atom. The molecule has 1 N–H and O–H groups in total. The summed E-state index contributed by atoms with van der Waals surface area (Å²) in [6.07, 6.45) is 0.495. The zero-order chi connectivity index (χ0) is 4.99. The summed E-state index contributed by atoms with van der Waals surface area (Å²) in [4.78, 5) is 8.49. The largest absolute Gasteiger partial charge is 0.378 e. The summed E-state index contributed by atoms with van der Waals surface area (Å²) >= 11 is 0. The van der Waals surface area contributed by atoms with Gasteiger partial charge in [-0.2, -0.15) is 0 Å². The number of methoxy groups -OCH3 is 1. The van der Waals surface area contributed by atoms with Gasteiger partial charge in [-0.1, -0.05) is 0 Å². The molecule has 0 aromatic heterocycles. The van der Waals surface area contributed by atoms with E-state index >= 15 is 0 Å². The van der Waals surface area contributed by atoms with E-state index in [1.807, 2.05) is 0 Å². The summed E-state index contributed by atoms with van der Waals surface area (Å²) < 4.78 is 4.58. The van der Waals surface area contributed by atoms with E-state index in [1.54, 1.807) is 13.8 Å². The topological polar surface area (TPSA) is 29.5 Å². The minimum atomic E-state index is -0.823. The molecule has 0 heterocycles. The Morgan fingerprint density at radius 2 is 2.14 bits per heavy atom. The third-order valence-electron chi connectivity index (χ3n) is 0.316. The Labute approximate surface area is 57.0 Å². The quantitative estimate of drug-likeness (QED) is 0.598. The molecule has 7 heavy (non-hydrogen) atoms. The van der Waals surface area contributed by atoms with Crippen LogP contribution in [0.3, 0.4) is 0 Å². The molecule has 2 nitrogen and oxygen atoms in total. The normalized spacial score (nSPS) is 12.4. The minimum absolute atomic E-state index is 0. The van der Waals surface area contributed by atoms with Gasteiger partial charge in [-0.05, 0) is 6.66 Å². The average Bonchev–Trinajstić information content (AvgIpc) is 1.35. The van der Waals surface area contributed by atoms with Crippen LogP contribution in [-0.2, 0) is 23.3 Å². The van der Waals surface area contributed by atoms with Crippen molar-refractivity contribution < 1.29 is 28.2 Å². The first-order valence-corrected chi connectivity index (χ1v) is 3.59. The van der Waals surface area contributed by atoms with E-state index < -0.39 is 8.15 Å². The maximum absolute atomic E-state index is 8.49. The zero-order valence-electron chi connectivity index (χ0n) is 4.46. The number of hydrogen-bond donors (Lipinski definition) is 1. The van der Waals surface area contributed by atoms with Crippen LogP contribution in [-0.4, -0.2) is 25.0 Å². The van der Waals surface area contributed by atoms with Gasteiger partial charge in [0.25, 0.3) is 0 Å². The van der Waals surface area contributed by atoms with Crippen LogP contribution in [0.5, 0.6) is 0 Å². The van der Waals surface area contributed by atoms with E-state index in [4.69, 9.17) is 4.89 Å². The van der Waals surface area contributed by atoms with Crippen molar-refractivity contribution in [2.24, 2.45) is 0 Å². The minimum Gasteiger partial charge on any atom is -0.378 e. The molecule has 43 valence electrons. The molecule has 0 saturated heterocycles. The fraction of sp³-hybridized carbons (Fsp3) is 1.00. The third kappa shape index (κ3) is 10.9. The van der Waals surface area contributed by atoms with Crippen LogP contribution < -0.4 is 0 Å². The number of ether oxygens (including phenoxy) is 1. The summed E-state index contributed by atoms with van der Waals surface area (Å²) in [6, 6.07) is 0. The van der Waals surface area contributed by atoms with E-state index in [2.05, 4.69) is 4.74 Å². The number of rotatable bonds is 2. The molecule has 1 radical (unpaired) electrons. The summed E-state index contributed by atoms with van der Waals surface area (Å²) in [6.45, 7) is 1.75. The molecule has 0 saturated carbocycles. The molecular formula is C3H9O2PV. The fourth-order valence-corrected chi connectivity index (χ4v) is 0.561. The Hall–Kier alpha value is 0.934. The van der Waals surface area contributed by atoms with Crippen LogP contribution in [0.15, 0.2) is 0 Å². The first-order chi connectivity index (χ1) is 2.77. The van der Waals surface area contributed by atoms with Crippen LogP contribution in [0, 0.1) is 0 Å². The van der Waals surface area contributed by atoms with E-state index in [9.17, 15) is 0 Å². The molecule has 1 atom stereocenters. The Kier molecular flexibility index (Phi) is 10.7. The average molecular weight is 159 g/mol. The summed E-state index contributed by atoms with van der Waals surface area (Å²) in [5.41, 5.74) is 0. The molecule has 0 aliphatic heterocycles. The van der Waals surface area contributed by atoms with Crippen LogP contribution in [0.4, 0.5) is 0 Å². The second-order valence-electron chi connectivity index (χ2n) is 1.08. The molecule has 0 rings (SSSR count). The van der Waals surface area contributed by atoms with E-state index in [0.717, 1.165) is 0 Å². The van der Waals surface area contributed by atoms with Crippen LogP contribution in [0.1, 0.15) is 0 Å². The molecule has 0 spiro atoms. The van der Waals surface area contributed by atoms with E-state index in [0.29, 0.717) is 6.35 Å². The third-order valence-corrected chi connectivity index (χ3v) is 0.948. The Morgan fingerprint density at radius 3 is 2.14 bits per heavy atom. The first-order valence-electron chi connectivity index (χ1n) is 1.66. The smallest absolute Gasteiger partial charge is 0.0898 e. The monoisotopic (exact) mass is 159 g/mol. The van der Waals surface area contributed by atoms with Crippen molar-refractivity contribution in [2.75, 3.05) is 20.1 Å². The van der Waals surface area contributed by atoms with Crippen LogP contribution in [0.25, 0.3) is 0 Å². The SMILES string of the molecule is COCP(C)O.[V]. The van der Waals surface area contributed by atoms with Gasteiger partial charge < -0.3 is 9.63 Å². The molecule has 4 heteroatoms. The van der Waals surface area contributed by atoms with E-state index in [-0.39, 0.29) is 18.6 Å². The number of hydrogen-bond acceptors (Lipinski definition) is 2. The van der Waals surface area contributed by atoms with Gasteiger partial charge in [0.1, 0.15) is 0 Å². The standard InChI is InChI=1S/C3H9O2P.V/c1-5-3-6(2)4;/h4H,3H2,1-2H3;. The van der Waals surface area contributed by atoms with Crippen molar-refractivity contribution in [1.82, 2.24) is 0 Å². The van der Waals surface area contributed by atoms with Gasteiger partial charge in [0, 0.05) is 33.8 Å². The predicted octanol–water partition coefficient (Wildman–Crippen LogP) is 0.607. The fourth-order valence-electron chi connectivity index (χ4n) is 0.187. The van der Waals surface area contributed by atoms with Crippen molar-refractivity contribution in [3.8, 4) is 0 Å². The van der Waals surface area contributed by atoms with Gasteiger partial charge in [-0.25, -0.2) is 0 Å². The summed E-state index contributed by atoms with van der Waals surface area (Å²) in [7, 11) is 0.756. The Bertz CT molecular complexity index is 34.1. The summed E-state index contributed by atoms with van der Waals surface area (Å²) in [5, 5.41) is 0. The predicted molar refractivity (Wildman–Crippen MR) is 26.9 cm³/mol. The van der Waals surface area contributed by atoms with Gasteiger partial charge in [0.15, 0.2) is 0 Å². The van der Waals surface area contributed by atoms with Gasteiger partial charge in [-0.15, -0.1) is 0 Å². The Balaban J connectivity index is 0. The zero-order valence-corrected chi connectivity index (χ0v) is 6.75. The van der Waals surface area contributed by atoms with Crippen molar-refractivity contribution in [2.45, 2.75) is 0 Å². The van der Waals surface area contributed by atoms with Gasteiger partial charge >= 0.3 is 0 Å². The maximum atomic E-state index is 8.49. The first kappa shape index (κ1) is 10.8. The maximum Gasteiger partial charge on any atom is 0.0898 e. The van der Waals surface area contributed by atoms with Gasteiger partial charge in [0.05, 0.1) is 6.35 Å². The van der Waals surface area contributed by atoms with Gasteiger partial charge in [-0.3, -0.25) is 0 Å². The summed E-state index contributed by atoms with van der Waals surface area (Å²) in [5.74, 6) is 0. The van der Waals surface area contributed by atoms with Crippen molar-refractivity contribution in [3.63, 3.8) is 0 Å². The van der Waals surface area contributed by atoms with Crippen LogP contribution in [0.2, 0.25) is 0 Å². The molecular weight excluding hydrogens is 150 g/mol. The molecule has 0 aromatic rings. The molecule has 1 unspecified atom stereocenters.